The van der Waals surface area contributed by atoms with Gasteiger partial charge in [-0.3, -0.25) is 9.78 Å². The molecule has 100 valence electrons. The van der Waals surface area contributed by atoms with Crippen LogP contribution in [0.25, 0.3) is 10.9 Å². The summed E-state index contributed by atoms with van der Waals surface area (Å²) >= 11 is 3.30. The number of pyridine rings is 1. The molecule has 0 atom stereocenters. The van der Waals surface area contributed by atoms with Gasteiger partial charge in [0, 0.05) is 39.2 Å². The van der Waals surface area contributed by atoms with Gasteiger partial charge < -0.3 is 10.3 Å². The summed E-state index contributed by atoms with van der Waals surface area (Å²) < 4.78 is 0.780. The molecule has 2 aromatic heterocycles. The summed E-state index contributed by atoms with van der Waals surface area (Å²) in [6.07, 6.45) is 3.19. The molecule has 5 heteroatoms. The van der Waals surface area contributed by atoms with Crippen molar-refractivity contribution in [2.75, 3.05) is 5.32 Å². The zero-order chi connectivity index (χ0) is 14.1. The molecule has 0 radical (unpaired) electrons. The lowest BCUT2D eigenvalue weighted by molar-refractivity contribution is 0.102. The number of aryl methyl sites for hydroxylation is 1. The molecular weight excluding hydrogens is 318 g/mol. The molecule has 2 heterocycles. The molecule has 0 aliphatic rings. The van der Waals surface area contributed by atoms with Crippen LogP contribution in [0.5, 0.6) is 0 Å². The van der Waals surface area contributed by atoms with E-state index in [1.165, 1.54) is 0 Å². The number of aromatic nitrogens is 2. The molecule has 0 saturated carbocycles. The molecule has 1 aromatic carbocycles. The first-order valence-electron chi connectivity index (χ1n) is 6.13. The highest BCUT2D eigenvalue weighted by Gasteiger charge is 2.08. The summed E-state index contributed by atoms with van der Waals surface area (Å²) in [7, 11) is 0. The van der Waals surface area contributed by atoms with Gasteiger partial charge in [0.1, 0.15) is 0 Å². The Hall–Kier alpha value is -2.14. The predicted octanol–water partition coefficient (Wildman–Crippen LogP) is 3.89. The van der Waals surface area contributed by atoms with Gasteiger partial charge in [0.25, 0.3) is 5.91 Å². The molecule has 0 aliphatic heterocycles. The fourth-order valence-corrected chi connectivity index (χ4v) is 2.46. The van der Waals surface area contributed by atoms with Crippen LogP contribution in [0, 0.1) is 6.92 Å². The van der Waals surface area contributed by atoms with Gasteiger partial charge in [-0.2, -0.15) is 0 Å². The maximum absolute atomic E-state index is 12.1. The molecule has 0 aliphatic carbocycles. The van der Waals surface area contributed by atoms with Crippen LogP contribution in [0.2, 0.25) is 0 Å². The van der Waals surface area contributed by atoms with Crippen molar-refractivity contribution < 1.29 is 4.79 Å². The average Bonchev–Trinajstić information content (AvgIpc) is 2.78. The van der Waals surface area contributed by atoms with Crippen LogP contribution in [0.15, 0.2) is 47.2 Å². The molecule has 1 amide bonds. The van der Waals surface area contributed by atoms with Crippen molar-refractivity contribution in [3.8, 4) is 0 Å². The average molecular weight is 330 g/mol. The van der Waals surface area contributed by atoms with E-state index in [4.69, 9.17) is 0 Å². The van der Waals surface area contributed by atoms with Crippen molar-refractivity contribution in [2.24, 2.45) is 0 Å². The summed E-state index contributed by atoms with van der Waals surface area (Å²) in [6, 6.07) is 9.56. The molecule has 0 fully saturated rings. The van der Waals surface area contributed by atoms with E-state index < -0.39 is 0 Å². The van der Waals surface area contributed by atoms with E-state index >= 15 is 0 Å². The van der Waals surface area contributed by atoms with Gasteiger partial charge in [-0.25, -0.2) is 0 Å². The number of fused-ring (bicyclic) bond motifs is 1. The zero-order valence-corrected chi connectivity index (χ0v) is 12.4. The number of hydrogen-bond acceptors (Lipinski definition) is 2. The maximum Gasteiger partial charge on any atom is 0.257 e. The van der Waals surface area contributed by atoms with Gasteiger partial charge in [0.05, 0.1) is 5.56 Å². The van der Waals surface area contributed by atoms with E-state index in [2.05, 4.69) is 31.2 Å². The van der Waals surface area contributed by atoms with Gasteiger partial charge >= 0.3 is 0 Å². The Balaban J connectivity index is 1.87. The molecule has 0 saturated heterocycles. The second-order valence-corrected chi connectivity index (χ2v) is 5.52. The van der Waals surface area contributed by atoms with Crippen LogP contribution in [0.1, 0.15) is 16.1 Å². The lowest BCUT2D eigenvalue weighted by atomic mass is 10.2. The minimum Gasteiger partial charge on any atom is -0.359 e. The number of aromatic amines is 1. The number of H-pyrrole nitrogens is 1. The number of anilines is 1. The van der Waals surface area contributed by atoms with E-state index in [0.29, 0.717) is 5.56 Å². The van der Waals surface area contributed by atoms with Gasteiger partial charge in [0.2, 0.25) is 0 Å². The van der Waals surface area contributed by atoms with Crippen LogP contribution in [-0.2, 0) is 0 Å². The number of nitrogens with one attached hydrogen (secondary N) is 2. The van der Waals surface area contributed by atoms with E-state index in [1.54, 1.807) is 18.5 Å². The van der Waals surface area contributed by atoms with Crippen molar-refractivity contribution in [3.05, 3.63) is 58.5 Å². The highest BCUT2D eigenvalue weighted by molar-refractivity contribution is 9.10. The number of carbonyl (C=O) groups is 1. The van der Waals surface area contributed by atoms with E-state index in [9.17, 15) is 4.79 Å². The Morgan fingerprint density at radius 1 is 1.25 bits per heavy atom. The third kappa shape index (κ3) is 2.58. The lowest BCUT2D eigenvalue weighted by Crippen LogP contribution is -2.12. The molecule has 4 nitrogen and oxygen atoms in total. The Bertz CT molecular complexity index is 795. The smallest absolute Gasteiger partial charge is 0.257 e. The molecule has 3 rings (SSSR count). The monoisotopic (exact) mass is 329 g/mol. The fraction of sp³-hybridized carbons (Fsp3) is 0.0667. The minimum absolute atomic E-state index is 0.176. The second-order valence-electron chi connectivity index (χ2n) is 4.60. The highest BCUT2D eigenvalue weighted by Crippen LogP contribution is 2.20. The number of nitrogens with zero attached hydrogens (tertiary/aromatic N) is 1. The van der Waals surface area contributed by atoms with Crippen molar-refractivity contribution in [1.82, 2.24) is 9.97 Å². The van der Waals surface area contributed by atoms with Gasteiger partial charge in [-0.1, -0.05) is 0 Å². The van der Waals surface area contributed by atoms with Gasteiger partial charge in [-0.05, 0) is 53.2 Å². The molecule has 3 aromatic rings. The molecular formula is C15H12BrN3O. The molecule has 0 bridgehead atoms. The fourth-order valence-electron chi connectivity index (χ4n) is 2.09. The number of benzene rings is 1. The SMILES string of the molecule is Cc1cc2cc(NC(=O)c3cncc(Br)c3)ccc2[nH]1. The summed E-state index contributed by atoms with van der Waals surface area (Å²) in [5.41, 5.74) is 3.44. The van der Waals surface area contributed by atoms with Crippen LogP contribution < -0.4 is 5.32 Å². The van der Waals surface area contributed by atoms with Crippen LogP contribution in [-0.4, -0.2) is 15.9 Å². The first-order valence-corrected chi connectivity index (χ1v) is 6.92. The van der Waals surface area contributed by atoms with E-state index in [0.717, 1.165) is 26.8 Å². The predicted molar refractivity (Wildman–Crippen MR) is 82.9 cm³/mol. The molecule has 0 unspecified atom stereocenters. The van der Waals surface area contributed by atoms with Crippen molar-refractivity contribution >= 4 is 38.4 Å². The quantitative estimate of drug-likeness (QED) is 0.749. The topological polar surface area (TPSA) is 57.8 Å². The Morgan fingerprint density at radius 3 is 2.90 bits per heavy atom. The Kier molecular flexibility index (Phi) is 3.28. The van der Waals surface area contributed by atoms with Crippen molar-refractivity contribution in [2.45, 2.75) is 6.92 Å². The van der Waals surface area contributed by atoms with Crippen LogP contribution in [0.4, 0.5) is 5.69 Å². The standard InChI is InChI=1S/C15H12BrN3O/c1-9-4-10-6-13(2-3-14(10)18-9)19-15(20)11-5-12(16)8-17-7-11/h2-8,18H,1H3,(H,19,20). The number of carbonyl (C=O) groups excluding carboxylic acids is 1. The van der Waals surface area contributed by atoms with E-state index in [-0.39, 0.29) is 5.91 Å². The van der Waals surface area contributed by atoms with Crippen LogP contribution >= 0.6 is 15.9 Å². The highest BCUT2D eigenvalue weighted by atomic mass is 79.9. The Labute approximate surface area is 124 Å². The molecule has 2 N–H and O–H groups in total. The zero-order valence-electron chi connectivity index (χ0n) is 10.8. The minimum atomic E-state index is -0.176. The summed E-state index contributed by atoms with van der Waals surface area (Å²) in [4.78, 5) is 19.4. The van der Waals surface area contributed by atoms with Gasteiger partial charge in [0.15, 0.2) is 0 Å². The van der Waals surface area contributed by atoms with Crippen molar-refractivity contribution in [3.63, 3.8) is 0 Å². The first kappa shape index (κ1) is 12.9. The maximum atomic E-state index is 12.1. The summed E-state index contributed by atoms with van der Waals surface area (Å²) in [5, 5.41) is 3.95. The number of rotatable bonds is 2. The summed E-state index contributed by atoms with van der Waals surface area (Å²) in [6.45, 7) is 2.01. The molecule has 20 heavy (non-hydrogen) atoms. The normalized spacial score (nSPS) is 10.7. The lowest BCUT2D eigenvalue weighted by Gasteiger charge is -2.05. The Morgan fingerprint density at radius 2 is 2.10 bits per heavy atom. The van der Waals surface area contributed by atoms with Gasteiger partial charge in [-0.15, -0.1) is 0 Å². The number of amides is 1. The number of hydrogen-bond donors (Lipinski definition) is 2. The largest absolute Gasteiger partial charge is 0.359 e. The second kappa shape index (κ2) is 5.09. The summed E-state index contributed by atoms with van der Waals surface area (Å²) in [5.74, 6) is -0.176. The number of halogens is 1. The van der Waals surface area contributed by atoms with Crippen LogP contribution in [0.3, 0.4) is 0 Å². The third-order valence-corrected chi connectivity index (χ3v) is 3.41. The van der Waals surface area contributed by atoms with E-state index in [1.807, 2.05) is 31.2 Å². The molecule has 0 spiro atoms. The first-order chi connectivity index (χ1) is 9.61. The third-order valence-electron chi connectivity index (χ3n) is 2.98. The van der Waals surface area contributed by atoms with Crippen molar-refractivity contribution in [1.29, 1.82) is 0 Å².